The molecule has 10 nitrogen and oxygen atoms in total. The van der Waals surface area contributed by atoms with Crippen LogP contribution in [0.25, 0.3) is 22.3 Å². The minimum atomic E-state index is -4.55. The average Bonchev–Trinajstić information content (AvgIpc) is 3.34. The van der Waals surface area contributed by atoms with Crippen molar-refractivity contribution in [3.8, 4) is 23.1 Å². The molecular weight excluding hydrogens is 537 g/mol. The number of nitrogens with one attached hydrogen (secondary N) is 2. The molecule has 4 aromatic rings. The monoisotopic (exact) mass is 562 g/mol. The first-order valence-corrected chi connectivity index (χ1v) is 12.8. The van der Waals surface area contributed by atoms with Crippen molar-refractivity contribution in [1.29, 1.82) is 0 Å². The number of nitrogens with zero attached hydrogens (tertiary/aromatic N) is 5. The second-order valence-electron chi connectivity index (χ2n) is 9.56. The van der Waals surface area contributed by atoms with Crippen LogP contribution in [0, 0.1) is 11.8 Å². The number of fused-ring (bicyclic) bond motifs is 1. The van der Waals surface area contributed by atoms with E-state index in [1.54, 1.807) is 19.1 Å². The number of hydrogen-bond donors (Lipinski definition) is 3. The Hall–Kier alpha value is -4.99. The maximum atomic E-state index is 13.0. The fraction of sp³-hybridized carbons (Fsp3) is 0.286. The molecule has 2 amide bonds. The van der Waals surface area contributed by atoms with Gasteiger partial charge in [-0.15, -0.1) is 0 Å². The quantitative estimate of drug-likeness (QED) is 0.307. The molecule has 3 heterocycles. The molecule has 1 aliphatic carbocycles. The summed E-state index contributed by atoms with van der Waals surface area (Å²) in [4.78, 5) is 36.9. The number of pyridine rings is 1. The van der Waals surface area contributed by atoms with Crippen LogP contribution in [0.3, 0.4) is 0 Å². The number of benzene rings is 1. The van der Waals surface area contributed by atoms with E-state index in [2.05, 4.69) is 37.4 Å². The molecular formula is C28H25F3N8O2. The van der Waals surface area contributed by atoms with Gasteiger partial charge >= 0.3 is 6.18 Å². The molecule has 0 aliphatic heterocycles. The fourth-order valence-electron chi connectivity index (χ4n) is 4.89. The largest absolute Gasteiger partial charge is 0.416 e. The molecule has 0 atom stereocenters. The van der Waals surface area contributed by atoms with Gasteiger partial charge in [0.15, 0.2) is 5.65 Å². The van der Waals surface area contributed by atoms with E-state index < -0.39 is 17.6 Å². The van der Waals surface area contributed by atoms with Gasteiger partial charge in [-0.3, -0.25) is 9.59 Å². The summed E-state index contributed by atoms with van der Waals surface area (Å²) in [6.07, 6.45) is 0.831. The van der Waals surface area contributed by atoms with Crippen LogP contribution in [-0.2, 0) is 11.0 Å². The van der Waals surface area contributed by atoms with Crippen LogP contribution < -0.4 is 16.4 Å². The minimum Gasteiger partial charge on any atom is -0.383 e. The molecule has 0 spiro atoms. The number of carbonyl (C=O) groups is 2. The molecule has 4 N–H and O–H groups in total. The zero-order chi connectivity index (χ0) is 29.1. The Morgan fingerprint density at radius 2 is 1.78 bits per heavy atom. The third-order valence-corrected chi connectivity index (χ3v) is 6.88. The molecule has 0 saturated heterocycles. The molecule has 3 aromatic heterocycles. The maximum absolute atomic E-state index is 13.0. The predicted molar refractivity (Wildman–Crippen MR) is 145 cm³/mol. The Bertz CT molecular complexity index is 1660. The molecule has 1 saturated carbocycles. The van der Waals surface area contributed by atoms with E-state index in [1.165, 1.54) is 18.5 Å². The molecule has 210 valence electrons. The number of anilines is 2. The van der Waals surface area contributed by atoms with Gasteiger partial charge in [-0.05, 0) is 62.8 Å². The molecule has 5 rings (SSSR count). The van der Waals surface area contributed by atoms with Crippen LogP contribution in [0.4, 0.5) is 24.8 Å². The van der Waals surface area contributed by atoms with E-state index in [-0.39, 0.29) is 35.2 Å². The number of hydrogen-bond acceptors (Lipinski definition) is 7. The van der Waals surface area contributed by atoms with E-state index in [0.717, 1.165) is 44.0 Å². The second-order valence-corrected chi connectivity index (χ2v) is 9.56. The first kappa shape index (κ1) is 27.6. The maximum Gasteiger partial charge on any atom is 0.416 e. The van der Waals surface area contributed by atoms with E-state index in [0.29, 0.717) is 22.3 Å². The summed E-state index contributed by atoms with van der Waals surface area (Å²) in [6.45, 7) is 1.62. The topological polar surface area (TPSA) is 141 Å². The van der Waals surface area contributed by atoms with E-state index in [4.69, 9.17) is 10.8 Å². The summed E-state index contributed by atoms with van der Waals surface area (Å²) >= 11 is 0. The number of amides is 2. The van der Waals surface area contributed by atoms with Crippen molar-refractivity contribution in [3.63, 3.8) is 0 Å². The van der Waals surface area contributed by atoms with Crippen LogP contribution in [0.5, 0.6) is 0 Å². The van der Waals surface area contributed by atoms with Crippen LogP contribution in [0.15, 0.2) is 48.9 Å². The van der Waals surface area contributed by atoms with Crippen LogP contribution in [-0.4, -0.2) is 42.6 Å². The van der Waals surface area contributed by atoms with Crippen LogP contribution >= 0.6 is 0 Å². The van der Waals surface area contributed by atoms with Crippen molar-refractivity contribution >= 4 is 34.5 Å². The van der Waals surface area contributed by atoms with Gasteiger partial charge < -0.3 is 16.4 Å². The molecule has 0 unspecified atom stereocenters. The lowest BCUT2D eigenvalue weighted by Gasteiger charge is -2.28. The lowest BCUT2D eigenvalue weighted by atomic mass is 9.91. The number of aromatic nitrogens is 5. The van der Waals surface area contributed by atoms with E-state index in [9.17, 15) is 22.8 Å². The van der Waals surface area contributed by atoms with Gasteiger partial charge in [0.25, 0.3) is 11.8 Å². The molecule has 0 bridgehead atoms. The summed E-state index contributed by atoms with van der Waals surface area (Å²) in [5.74, 6) is 4.24. The number of nitrogen functional groups attached to an aromatic ring is 1. The smallest absolute Gasteiger partial charge is 0.383 e. The van der Waals surface area contributed by atoms with Gasteiger partial charge in [0.1, 0.15) is 23.7 Å². The van der Waals surface area contributed by atoms with Gasteiger partial charge in [-0.2, -0.15) is 18.3 Å². The summed E-state index contributed by atoms with van der Waals surface area (Å²) in [5, 5.41) is 10.7. The zero-order valence-corrected chi connectivity index (χ0v) is 21.9. The Balaban J connectivity index is 1.36. The van der Waals surface area contributed by atoms with Gasteiger partial charge in [-0.25, -0.2) is 19.6 Å². The Labute approximate surface area is 232 Å². The van der Waals surface area contributed by atoms with E-state index in [1.807, 2.05) is 4.68 Å². The summed E-state index contributed by atoms with van der Waals surface area (Å²) in [5.41, 5.74) is 7.31. The molecule has 0 radical (unpaired) electrons. The Morgan fingerprint density at radius 3 is 2.46 bits per heavy atom. The second kappa shape index (κ2) is 11.2. The SMILES string of the molecule is CC#CC(=O)NC1CCC(n2nc(-c3ccc(C(=O)Nc4cc(C(F)(F)F)ccn4)cc3)c3c(N)ncnc32)CC1. The Morgan fingerprint density at radius 1 is 1.05 bits per heavy atom. The predicted octanol–water partition coefficient (Wildman–Crippen LogP) is 4.36. The lowest BCUT2D eigenvalue weighted by molar-refractivity contribution is -0.137. The first-order valence-electron chi connectivity index (χ1n) is 12.8. The summed E-state index contributed by atoms with van der Waals surface area (Å²) < 4.78 is 40.8. The van der Waals surface area contributed by atoms with Crippen molar-refractivity contribution in [1.82, 2.24) is 30.0 Å². The third-order valence-electron chi connectivity index (χ3n) is 6.88. The van der Waals surface area contributed by atoms with Crippen LogP contribution in [0.2, 0.25) is 0 Å². The normalized spacial score (nSPS) is 17.0. The first-order chi connectivity index (χ1) is 19.6. The highest BCUT2D eigenvalue weighted by atomic mass is 19.4. The molecule has 1 aromatic carbocycles. The minimum absolute atomic E-state index is 0.0241. The third kappa shape index (κ3) is 5.96. The summed E-state index contributed by atoms with van der Waals surface area (Å²) in [7, 11) is 0. The van der Waals surface area contributed by atoms with Crippen molar-refractivity contribution < 1.29 is 22.8 Å². The van der Waals surface area contributed by atoms with Crippen molar-refractivity contribution in [2.45, 2.75) is 50.9 Å². The van der Waals surface area contributed by atoms with Crippen molar-refractivity contribution in [3.05, 3.63) is 60.0 Å². The highest BCUT2D eigenvalue weighted by Gasteiger charge is 2.31. The number of carbonyl (C=O) groups excluding carboxylic acids is 2. The highest BCUT2D eigenvalue weighted by Crippen LogP contribution is 2.36. The van der Waals surface area contributed by atoms with Gasteiger partial charge in [0.2, 0.25) is 0 Å². The van der Waals surface area contributed by atoms with E-state index >= 15 is 0 Å². The lowest BCUT2D eigenvalue weighted by Crippen LogP contribution is -2.37. The Kier molecular flexibility index (Phi) is 7.56. The highest BCUT2D eigenvalue weighted by molar-refractivity contribution is 6.04. The van der Waals surface area contributed by atoms with Crippen molar-refractivity contribution in [2.75, 3.05) is 11.1 Å². The van der Waals surface area contributed by atoms with Gasteiger partial charge in [0.05, 0.1) is 17.0 Å². The molecule has 1 aliphatic rings. The molecule has 13 heteroatoms. The number of rotatable bonds is 5. The standard InChI is InChI=1S/C28H25F3N8O2/c1-2-3-22(40)36-19-8-10-20(11-9-19)39-26-23(25(32)34-15-35-26)24(38-39)16-4-6-17(7-5-16)27(41)37-21-14-18(12-13-33-21)28(29,30)31/h4-7,12-15,19-20H,8-11H2,1H3,(H,36,40)(H2,32,34,35)(H,33,37,41). The van der Waals surface area contributed by atoms with Crippen molar-refractivity contribution in [2.24, 2.45) is 0 Å². The molecule has 1 fully saturated rings. The fourth-order valence-corrected chi connectivity index (χ4v) is 4.89. The zero-order valence-electron chi connectivity index (χ0n) is 21.9. The molecule has 41 heavy (non-hydrogen) atoms. The number of alkyl halides is 3. The van der Waals surface area contributed by atoms with Crippen LogP contribution in [0.1, 0.15) is 54.6 Å². The van der Waals surface area contributed by atoms with Gasteiger partial charge in [0, 0.05) is 23.4 Å². The number of nitrogens with two attached hydrogens (primary N) is 1. The number of halogens is 3. The van der Waals surface area contributed by atoms with Gasteiger partial charge in [-0.1, -0.05) is 18.1 Å². The summed E-state index contributed by atoms with van der Waals surface area (Å²) in [6, 6.07) is 8.08. The average molecular weight is 563 g/mol.